The second kappa shape index (κ2) is 15.6. The summed E-state index contributed by atoms with van der Waals surface area (Å²) < 4.78 is 32.1. The normalized spacial score (nSPS) is 12.7. The van der Waals surface area contributed by atoms with Crippen molar-refractivity contribution >= 4 is 39.1 Å². The number of halogens is 1. The topological polar surface area (TPSA) is 96.0 Å². The van der Waals surface area contributed by atoms with Gasteiger partial charge >= 0.3 is 0 Å². The number of hydrogen-bond donors (Lipinski definition) is 1. The Kier molecular flexibility index (Phi) is 12.2. The van der Waals surface area contributed by atoms with Crippen LogP contribution in [0.1, 0.15) is 44.2 Å². The minimum Gasteiger partial charge on any atom is -0.495 e. The van der Waals surface area contributed by atoms with Crippen molar-refractivity contribution in [3.63, 3.8) is 0 Å². The van der Waals surface area contributed by atoms with Crippen molar-refractivity contribution in [1.82, 2.24) is 10.2 Å². The molecule has 2 amide bonds. The molecule has 42 heavy (non-hydrogen) atoms. The van der Waals surface area contributed by atoms with Gasteiger partial charge in [-0.3, -0.25) is 13.9 Å². The van der Waals surface area contributed by atoms with Crippen LogP contribution in [0.25, 0.3) is 0 Å². The number of methoxy groups -OCH3 is 1. The first-order valence-electron chi connectivity index (χ1n) is 14.0. The third kappa shape index (κ3) is 9.22. The number of carbonyl (C=O) groups excluding carboxylic acids is 2. The fourth-order valence-corrected chi connectivity index (χ4v) is 5.79. The molecule has 0 heterocycles. The summed E-state index contributed by atoms with van der Waals surface area (Å²) in [6.45, 7) is 4.11. The van der Waals surface area contributed by atoms with Crippen LogP contribution in [0.3, 0.4) is 0 Å². The number of amides is 2. The first kappa shape index (κ1) is 32.9. The highest BCUT2D eigenvalue weighted by atomic mass is 35.5. The molecule has 3 aromatic carbocycles. The Labute approximate surface area is 254 Å². The molecule has 2 atom stereocenters. The van der Waals surface area contributed by atoms with E-state index in [1.54, 1.807) is 35.2 Å². The third-order valence-corrected chi connectivity index (χ3v) is 8.63. The minimum absolute atomic E-state index is 0.0214. The van der Waals surface area contributed by atoms with Crippen LogP contribution < -0.4 is 14.4 Å². The summed E-state index contributed by atoms with van der Waals surface area (Å²) in [6, 6.07) is 22.8. The summed E-state index contributed by atoms with van der Waals surface area (Å²) in [6.07, 6.45) is 2.43. The van der Waals surface area contributed by atoms with Crippen LogP contribution in [-0.2, 0) is 32.6 Å². The summed E-state index contributed by atoms with van der Waals surface area (Å²) in [5.41, 5.74) is 2.03. The van der Waals surface area contributed by atoms with E-state index in [0.29, 0.717) is 28.4 Å². The summed E-state index contributed by atoms with van der Waals surface area (Å²) in [7, 11) is -2.18. The molecule has 0 aliphatic heterocycles. The standard InChI is InChI=1S/C32H40ClN3O5S/c1-5-24(2)34-32(38)29(22-25-14-7-6-8-15-25)35(23-26-16-9-10-17-27(26)33)31(37)20-13-21-36(42(4,39)40)28-18-11-12-19-30(28)41-3/h6-12,14-19,24,29H,5,13,20-23H2,1-4H3,(H,34,38)/t24-,29+/m0/s1. The van der Waals surface area contributed by atoms with E-state index in [0.717, 1.165) is 18.2 Å². The van der Waals surface area contributed by atoms with Crippen molar-refractivity contribution in [1.29, 1.82) is 0 Å². The van der Waals surface area contributed by atoms with E-state index in [2.05, 4.69) is 5.32 Å². The lowest BCUT2D eigenvalue weighted by molar-refractivity contribution is -0.141. The second-order valence-corrected chi connectivity index (χ2v) is 12.6. The Balaban J connectivity index is 1.91. The van der Waals surface area contributed by atoms with Gasteiger partial charge in [0.25, 0.3) is 0 Å². The Bertz CT molecular complexity index is 1430. The first-order valence-corrected chi connectivity index (χ1v) is 16.3. The largest absolute Gasteiger partial charge is 0.495 e. The molecule has 0 aromatic heterocycles. The van der Waals surface area contributed by atoms with Gasteiger partial charge < -0.3 is 15.0 Å². The van der Waals surface area contributed by atoms with Crippen molar-refractivity contribution in [2.75, 3.05) is 24.2 Å². The van der Waals surface area contributed by atoms with Crippen molar-refractivity contribution in [3.05, 3.63) is 95.0 Å². The monoisotopic (exact) mass is 613 g/mol. The van der Waals surface area contributed by atoms with Crippen LogP contribution in [0.4, 0.5) is 5.69 Å². The van der Waals surface area contributed by atoms with Gasteiger partial charge in [0.1, 0.15) is 11.8 Å². The van der Waals surface area contributed by atoms with Gasteiger partial charge in [-0.05, 0) is 49.1 Å². The van der Waals surface area contributed by atoms with Crippen LogP contribution in [0.15, 0.2) is 78.9 Å². The Hall–Kier alpha value is -3.56. The average Bonchev–Trinajstić information content (AvgIpc) is 2.97. The van der Waals surface area contributed by atoms with Crippen LogP contribution in [-0.4, -0.2) is 57.1 Å². The quantitative estimate of drug-likeness (QED) is 0.246. The average molecular weight is 614 g/mol. The predicted octanol–water partition coefficient (Wildman–Crippen LogP) is 5.45. The van der Waals surface area contributed by atoms with Gasteiger partial charge in [-0.25, -0.2) is 8.42 Å². The Morgan fingerprint density at radius 1 is 0.976 bits per heavy atom. The fourth-order valence-electron chi connectivity index (χ4n) is 4.62. The summed E-state index contributed by atoms with van der Waals surface area (Å²) >= 11 is 6.49. The highest BCUT2D eigenvalue weighted by Crippen LogP contribution is 2.30. The van der Waals surface area contributed by atoms with Crippen molar-refractivity contribution in [2.45, 2.75) is 58.2 Å². The number of carbonyl (C=O) groups is 2. The highest BCUT2D eigenvalue weighted by molar-refractivity contribution is 7.92. The molecule has 0 unspecified atom stereocenters. The molecule has 0 aliphatic rings. The fraction of sp³-hybridized carbons (Fsp3) is 0.375. The van der Waals surface area contributed by atoms with Gasteiger partial charge in [0, 0.05) is 37.0 Å². The lowest BCUT2D eigenvalue weighted by atomic mass is 10.0. The van der Waals surface area contributed by atoms with Crippen LogP contribution in [0.2, 0.25) is 5.02 Å². The molecule has 1 N–H and O–H groups in total. The van der Waals surface area contributed by atoms with Gasteiger partial charge in [0.15, 0.2) is 0 Å². The Morgan fingerprint density at radius 2 is 1.62 bits per heavy atom. The van der Waals surface area contributed by atoms with Crippen LogP contribution >= 0.6 is 11.6 Å². The Morgan fingerprint density at radius 3 is 2.26 bits per heavy atom. The molecule has 0 saturated heterocycles. The van der Waals surface area contributed by atoms with Crippen molar-refractivity contribution in [2.24, 2.45) is 0 Å². The van der Waals surface area contributed by atoms with Crippen LogP contribution in [0, 0.1) is 0 Å². The van der Waals surface area contributed by atoms with Gasteiger partial charge in [-0.15, -0.1) is 0 Å². The summed E-state index contributed by atoms with van der Waals surface area (Å²) in [5, 5.41) is 3.54. The number of anilines is 1. The molecule has 10 heteroatoms. The molecular formula is C32H40ClN3O5S. The molecule has 0 spiro atoms. The number of ether oxygens (including phenoxy) is 1. The maximum absolute atomic E-state index is 14.0. The molecule has 0 fully saturated rings. The van der Waals surface area contributed by atoms with Gasteiger partial charge in [-0.2, -0.15) is 0 Å². The minimum atomic E-state index is -3.66. The number of nitrogens with one attached hydrogen (secondary N) is 1. The highest BCUT2D eigenvalue weighted by Gasteiger charge is 2.31. The maximum Gasteiger partial charge on any atom is 0.243 e. The maximum atomic E-state index is 14.0. The zero-order valence-electron chi connectivity index (χ0n) is 24.6. The van der Waals surface area contributed by atoms with Crippen molar-refractivity contribution in [3.8, 4) is 5.75 Å². The molecule has 0 radical (unpaired) electrons. The molecule has 3 aromatic rings. The molecule has 226 valence electrons. The molecule has 3 rings (SSSR count). The van der Waals surface area contributed by atoms with Crippen LogP contribution in [0.5, 0.6) is 5.75 Å². The predicted molar refractivity (Wildman–Crippen MR) is 168 cm³/mol. The van der Waals surface area contributed by atoms with E-state index in [4.69, 9.17) is 16.3 Å². The van der Waals surface area contributed by atoms with Crippen molar-refractivity contribution < 1.29 is 22.7 Å². The van der Waals surface area contributed by atoms with Gasteiger partial charge in [-0.1, -0.05) is 79.2 Å². The second-order valence-electron chi connectivity index (χ2n) is 10.2. The molecule has 0 aliphatic carbocycles. The zero-order chi connectivity index (χ0) is 30.7. The number of para-hydroxylation sites is 2. The lowest BCUT2D eigenvalue weighted by Crippen LogP contribution is -2.52. The number of rotatable bonds is 15. The van der Waals surface area contributed by atoms with Gasteiger partial charge in [0.2, 0.25) is 21.8 Å². The van der Waals surface area contributed by atoms with E-state index in [1.165, 1.54) is 11.4 Å². The number of benzene rings is 3. The van der Waals surface area contributed by atoms with E-state index in [9.17, 15) is 18.0 Å². The molecule has 0 bridgehead atoms. The third-order valence-electron chi connectivity index (χ3n) is 7.08. The summed E-state index contributed by atoms with van der Waals surface area (Å²) in [5.74, 6) is -0.108. The lowest BCUT2D eigenvalue weighted by Gasteiger charge is -2.33. The molecule has 0 saturated carbocycles. The smallest absolute Gasteiger partial charge is 0.243 e. The number of nitrogens with zero attached hydrogens (tertiary/aromatic N) is 2. The SMILES string of the molecule is CC[C@H](C)NC(=O)[C@@H](Cc1ccccc1)N(Cc1ccccc1Cl)C(=O)CCCN(c1ccccc1OC)S(C)(=O)=O. The summed E-state index contributed by atoms with van der Waals surface area (Å²) in [4.78, 5) is 29.2. The zero-order valence-corrected chi connectivity index (χ0v) is 26.2. The molecular weight excluding hydrogens is 574 g/mol. The van der Waals surface area contributed by atoms with Gasteiger partial charge in [0.05, 0.1) is 19.1 Å². The van der Waals surface area contributed by atoms with E-state index < -0.39 is 16.1 Å². The first-order chi connectivity index (χ1) is 20.0. The number of sulfonamides is 1. The van der Waals surface area contributed by atoms with E-state index in [1.807, 2.05) is 62.4 Å². The van der Waals surface area contributed by atoms with E-state index in [-0.39, 0.29) is 43.8 Å². The molecule has 8 nitrogen and oxygen atoms in total. The van der Waals surface area contributed by atoms with E-state index >= 15 is 0 Å². The number of hydrogen-bond acceptors (Lipinski definition) is 5.